The number of anilines is 1. The van der Waals surface area contributed by atoms with E-state index in [9.17, 15) is 0 Å². The molecule has 2 heterocycles. The number of hydrogen-bond donors (Lipinski definition) is 1. The van der Waals surface area contributed by atoms with Crippen molar-refractivity contribution in [2.75, 3.05) is 51.0 Å². The molecule has 0 unspecified atom stereocenters. The summed E-state index contributed by atoms with van der Waals surface area (Å²) in [5, 5.41) is 9.10. The average molecular weight is 250 g/mol. The summed E-state index contributed by atoms with van der Waals surface area (Å²) in [5.41, 5.74) is 1.10. The first-order valence-electron chi connectivity index (χ1n) is 6.35. The summed E-state index contributed by atoms with van der Waals surface area (Å²) < 4.78 is 11.3. The summed E-state index contributed by atoms with van der Waals surface area (Å²) >= 11 is 0. The van der Waals surface area contributed by atoms with E-state index in [-0.39, 0.29) is 6.73 Å². The number of fused-ring (bicyclic) bond motifs is 1. The minimum absolute atomic E-state index is 0.139. The number of para-hydroxylation sites is 1. The topological polar surface area (TPSA) is 45.2 Å². The molecular formula is C13H18N2O3. The van der Waals surface area contributed by atoms with Crippen molar-refractivity contribution in [2.45, 2.75) is 0 Å². The Morgan fingerprint density at radius 2 is 1.83 bits per heavy atom. The zero-order chi connectivity index (χ0) is 12.4. The number of benzene rings is 1. The zero-order valence-corrected chi connectivity index (χ0v) is 10.3. The van der Waals surface area contributed by atoms with E-state index in [1.165, 1.54) is 0 Å². The average Bonchev–Trinajstić information content (AvgIpc) is 2.47. The van der Waals surface area contributed by atoms with Crippen molar-refractivity contribution in [2.24, 2.45) is 0 Å². The van der Waals surface area contributed by atoms with Gasteiger partial charge in [0.05, 0.1) is 12.4 Å². The molecule has 0 saturated carbocycles. The number of aliphatic hydroxyl groups excluding tert-OH is 1. The van der Waals surface area contributed by atoms with Gasteiger partial charge in [0.15, 0.2) is 11.5 Å². The van der Waals surface area contributed by atoms with Crippen LogP contribution in [0.5, 0.6) is 11.5 Å². The first kappa shape index (κ1) is 11.6. The first-order chi connectivity index (χ1) is 8.88. The summed E-state index contributed by atoms with van der Waals surface area (Å²) in [5.74, 6) is 1.70. The van der Waals surface area contributed by atoms with Crippen LogP contribution in [0.1, 0.15) is 0 Å². The third kappa shape index (κ3) is 2.11. The van der Waals surface area contributed by atoms with Crippen LogP contribution in [0.2, 0.25) is 0 Å². The minimum atomic E-state index is 0.139. The second kappa shape index (κ2) is 5.04. The maximum Gasteiger partial charge on any atom is 0.184 e. The smallest absolute Gasteiger partial charge is 0.184 e. The minimum Gasteiger partial charge on any atom is -0.486 e. The molecule has 1 fully saturated rings. The second-order valence-electron chi connectivity index (χ2n) is 4.55. The highest BCUT2D eigenvalue weighted by Crippen LogP contribution is 2.39. The Morgan fingerprint density at radius 1 is 1.06 bits per heavy atom. The van der Waals surface area contributed by atoms with Gasteiger partial charge >= 0.3 is 0 Å². The monoisotopic (exact) mass is 250 g/mol. The molecule has 1 aromatic carbocycles. The molecule has 1 saturated heterocycles. The van der Waals surface area contributed by atoms with Crippen LogP contribution in [0.4, 0.5) is 5.69 Å². The third-order valence-electron chi connectivity index (χ3n) is 3.46. The van der Waals surface area contributed by atoms with Crippen LogP contribution in [-0.4, -0.2) is 56.1 Å². The van der Waals surface area contributed by atoms with E-state index in [0.29, 0.717) is 13.2 Å². The predicted octanol–water partition coefficient (Wildman–Crippen LogP) is 0.530. The lowest BCUT2D eigenvalue weighted by molar-refractivity contribution is 0.101. The SMILES string of the molecule is OCN1CCN(c2cccc3c2OCCO3)CC1. The fourth-order valence-corrected chi connectivity index (χ4v) is 2.44. The van der Waals surface area contributed by atoms with Crippen molar-refractivity contribution in [1.29, 1.82) is 0 Å². The number of ether oxygens (including phenoxy) is 2. The lowest BCUT2D eigenvalue weighted by Gasteiger charge is -2.36. The second-order valence-corrected chi connectivity index (χ2v) is 4.55. The molecule has 0 radical (unpaired) electrons. The van der Waals surface area contributed by atoms with E-state index >= 15 is 0 Å². The molecule has 98 valence electrons. The van der Waals surface area contributed by atoms with Gasteiger partial charge in [-0.05, 0) is 12.1 Å². The molecule has 0 aliphatic carbocycles. The van der Waals surface area contributed by atoms with Gasteiger partial charge in [0.2, 0.25) is 0 Å². The fraction of sp³-hybridized carbons (Fsp3) is 0.538. The van der Waals surface area contributed by atoms with Crippen LogP contribution < -0.4 is 14.4 Å². The summed E-state index contributed by atoms with van der Waals surface area (Å²) in [6, 6.07) is 6.02. The number of rotatable bonds is 2. The van der Waals surface area contributed by atoms with E-state index in [4.69, 9.17) is 14.6 Å². The normalized spacial score (nSPS) is 19.9. The lowest BCUT2D eigenvalue weighted by atomic mass is 10.2. The van der Waals surface area contributed by atoms with Gasteiger partial charge < -0.3 is 19.5 Å². The van der Waals surface area contributed by atoms with Crippen LogP contribution in [0.15, 0.2) is 18.2 Å². The molecule has 5 nitrogen and oxygen atoms in total. The van der Waals surface area contributed by atoms with Gasteiger partial charge in [-0.2, -0.15) is 0 Å². The van der Waals surface area contributed by atoms with E-state index in [0.717, 1.165) is 43.4 Å². The Labute approximate surface area is 107 Å². The lowest BCUT2D eigenvalue weighted by Crippen LogP contribution is -2.46. The Morgan fingerprint density at radius 3 is 2.61 bits per heavy atom. The van der Waals surface area contributed by atoms with E-state index in [2.05, 4.69) is 11.0 Å². The molecule has 1 N–H and O–H groups in total. The van der Waals surface area contributed by atoms with Crippen LogP contribution in [0.3, 0.4) is 0 Å². The molecule has 18 heavy (non-hydrogen) atoms. The Hall–Kier alpha value is -1.46. The molecule has 3 rings (SSSR count). The maximum absolute atomic E-state index is 9.10. The van der Waals surface area contributed by atoms with Gasteiger partial charge in [-0.25, -0.2) is 0 Å². The Bertz CT molecular complexity index is 417. The predicted molar refractivity (Wildman–Crippen MR) is 68.3 cm³/mol. The molecule has 0 atom stereocenters. The zero-order valence-electron chi connectivity index (χ0n) is 10.3. The summed E-state index contributed by atoms with van der Waals surface area (Å²) in [7, 11) is 0. The van der Waals surface area contributed by atoms with Crippen molar-refractivity contribution in [3.8, 4) is 11.5 Å². The van der Waals surface area contributed by atoms with Crippen molar-refractivity contribution in [3.05, 3.63) is 18.2 Å². The van der Waals surface area contributed by atoms with E-state index < -0.39 is 0 Å². The third-order valence-corrected chi connectivity index (χ3v) is 3.46. The highest BCUT2D eigenvalue weighted by molar-refractivity contribution is 5.65. The standard InChI is InChI=1S/C13H18N2O3/c16-10-14-4-6-15(7-5-14)11-2-1-3-12-13(11)18-9-8-17-12/h1-3,16H,4-10H2. The largest absolute Gasteiger partial charge is 0.486 e. The van der Waals surface area contributed by atoms with Gasteiger partial charge in [0, 0.05) is 26.2 Å². The molecule has 2 aliphatic rings. The van der Waals surface area contributed by atoms with Gasteiger partial charge in [-0.1, -0.05) is 6.07 Å². The quantitative estimate of drug-likeness (QED) is 0.829. The summed E-state index contributed by atoms with van der Waals surface area (Å²) in [6.07, 6.45) is 0. The summed E-state index contributed by atoms with van der Waals surface area (Å²) in [6.45, 7) is 4.93. The number of nitrogens with zero attached hydrogens (tertiary/aromatic N) is 2. The van der Waals surface area contributed by atoms with Crippen LogP contribution in [0, 0.1) is 0 Å². The van der Waals surface area contributed by atoms with Gasteiger partial charge in [-0.3, -0.25) is 4.90 Å². The summed E-state index contributed by atoms with van der Waals surface area (Å²) in [4.78, 5) is 4.32. The van der Waals surface area contributed by atoms with Gasteiger partial charge in [-0.15, -0.1) is 0 Å². The molecule has 1 aromatic rings. The van der Waals surface area contributed by atoms with Crippen LogP contribution in [0.25, 0.3) is 0 Å². The van der Waals surface area contributed by atoms with Crippen molar-refractivity contribution < 1.29 is 14.6 Å². The van der Waals surface area contributed by atoms with Crippen molar-refractivity contribution in [1.82, 2.24) is 4.90 Å². The number of aliphatic hydroxyl groups is 1. The molecular weight excluding hydrogens is 232 g/mol. The van der Waals surface area contributed by atoms with E-state index in [1.807, 2.05) is 17.0 Å². The van der Waals surface area contributed by atoms with E-state index in [1.54, 1.807) is 0 Å². The van der Waals surface area contributed by atoms with Gasteiger partial charge in [0.1, 0.15) is 13.2 Å². The Balaban J connectivity index is 1.80. The molecule has 0 aromatic heterocycles. The maximum atomic E-state index is 9.10. The van der Waals surface area contributed by atoms with Crippen molar-refractivity contribution in [3.63, 3.8) is 0 Å². The number of piperazine rings is 1. The fourth-order valence-electron chi connectivity index (χ4n) is 2.44. The highest BCUT2D eigenvalue weighted by atomic mass is 16.6. The molecule has 0 amide bonds. The molecule has 0 spiro atoms. The number of hydrogen-bond acceptors (Lipinski definition) is 5. The van der Waals surface area contributed by atoms with Gasteiger partial charge in [0.25, 0.3) is 0 Å². The molecule has 0 bridgehead atoms. The van der Waals surface area contributed by atoms with Crippen LogP contribution in [-0.2, 0) is 0 Å². The molecule has 2 aliphatic heterocycles. The first-order valence-corrected chi connectivity index (χ1v) is 6.35. The van der Waals surface area contributed by atoms with Crippen molar-refractivity contribution >= 4 is 5.69 Å². The highest BCUT2D eigenvalue weighted by Gasteiger charge is 2.22. The van der Waals surface area contributed by atoms with Crippen LogP contribution >= 0.6 is 0 Å². The Kier molecular flexibility index (Phi) is 3.25. The molecule has 5 heteroatoms.